The fraction of sp³-hybridized carbons (Fsp3) is 0.449. The van der Waals surface area contributed by atoms with Crippen LogP contribution in [0.2, 0.25) is 10.1 Å². The van der Waals surface area contributed by atoms with Gasteiger partial charge in [-0.25, -0.2) is 13.1 Å². The lowest BCUT2D eigenvalue weighted by molar-refractivity contribution is 0.0456. The summed E-state index contributed by atoms with van der Waals surface area (Å²) in [6.07, 6.45) is 8.32. The Bertz CT molecular complexity index is 2280. The summed E-state index contributed by atoms with van der Waals surface area (Å²) in [6.45, 7) is 10.4. The Morgan fingerprint density at radius 3 is 2.37 bits per heavy atom. The van der Waals surface area contributed by atoms with Crippen LogP contribution in [0.4, 0.5) is 5.69 Å². The molecule has 4 aromatic rings. The zero-order valence-electron chi connectivity index (χ0n) is 35.3. The van der Waals surface area contributed by atoms with Crippen molar-refractivity contribution in [1.29, 1.82) is 0 Å². The highest BCUT2D eigenvalue weighted by molar-refractivity contribution is 7.90. The van der Waals surface area contributed by atoms with Crippen molar-refractivity contribution < 1.29 is 27.5 Å². The predicted octanol–water partition coefficient (Wildman–Crippen LogP) is 8.33. The second kappa shape index (κ2) is 17.1. The van der Waals surface area contributed by atoms with Crippen LogP contribution in [0, 0.1) is 11.8 Å². The van der Waals surface area contributed by atoms with Gasteiger partial charge in [-0.05, 0) is 127 Å². The Hall–Kier alpha value is -3.93. The fourth-order valence-electron chi connectivity index (χ4n) is 10.6. The molecule has 8 nitrogen and oxygen atoms in total. The largest absolute Gasteiger partial charge is 0.490 e. The van der Waals surface area contributed by atoms with E-state index < -0.39 is 41.7 Å². The van der Waals surface area contributed by atoms with Gasteiger partial charge in [-0.1, -0.05) is 111 Å². The first-order valence-corrected chi connectivity index (χ1v) is 25.5. The van der Waals surface area contributed by atoms with Gasteiger partial charge in [0, 0.05) is 35.2 Å². The number of carbonyl (C=O) groups is 1. The van der Waals surface area contributed by atoms with E-state index in [1.54, 1.807) is 12.1 Å². The number of ether oxygens (including phenoxy) is 1. The van der Waals surface area contributed by atoms with Gasteiger partial charge in [0.2, 0.25) is 10.0 Å². The zero-order chi connectivity index (χ0) is 42.3. The molecule has 1 fully saturated rings. The second-order valence-electron chi connectivity index (χ2n) is 18.7. The average molecular weight is 868 g/mol. The van der Waals surface area contributed by atoms with Crippen LogP contribution in [0.3, 0.4) is 0 Å². The standard InChI is InChI=1S/C49H59ClN2O6SSi/c1-34(58-60(48(2,3)4,40-16-7-5-8-17-40)41-18-9-6-10-19-41)28-39-15-11-12-20-45(53)42-24-21-37(42)31-52-32-49(27-13-14-35-29-38(50)23-25-43(35)49)33-57-46-26-22-36(30-44(46)52)47(54)51-59(39,55)56/h5-10,12,16-20,22-23,25-26,29-30,34,37,39,42,45,53H,11,13-15,21,24,27-28,31-33H2,1-4H3,(H,51,54)/b20-12-/t34-,37-,39+,42+,45-,49-/m0/s1. The van der Waals surface area contributed by atoms with E-state index in [-0.39, 0.29) is 40.7 Å². The first-order valence-electron chi connectivity index (χ1n) is 21.7. The molecule has 2 aliphatic carbocycles. The van der Waals surface area contributed by atoms with Crippen molar-refractivity contribution in [3.63, 3.8) is 0 Å². The monoisotopic (exact) mass is 866 g/mol. The summed E-state index contributed by atoms with van der Waals surface area (Å²) in [5.41, 5.74) is 3.21. The van der Waals surface area contributed by atoms with Crippen LogP contribution in [0.25, 0.3) is 0 Å². The van der Waals surface area contributed by atoms with Crippen molar-refractivity contribution in [3.8, 4) is 5.75 Å². The van der Waals surface area contributed by atoms with E-state index >= 15 is 0 Å². The first kappa shape index (κ1) is 42.7. The summed E-state index contributed by atoms with van der Waals surface area (Å²) in [6, 6.07) is 32.1. The summed E-state index contributed by atoms with van der Waals surface area (Å²) in [4.78, 5) is 16.5. The van der Waals surface area contributed by atoms with E-state index in [4.69, 9.17) is 20.8 Å². The third kappa shape index (κ3) is 8.35. The Labute approximate surface area is 362 Å². The number of nitrogens with zero attached hydrogens (tertiary/aromatic N) is 1. The summed E-state index contributed by atoms with van der Waals surface area (Å²) in [5.74, 6) is 0.302. The van der Waals surface area contributed by atoms with Gasteiger partial charge in [0.15, 0.2) is 0 Å². The SMILES string of the molecule is C[C@@H](C[C@H]1CC/C=C\[C@H](O)[C@@H]2CC[C@H]2CN2C[C@@]3(CCCc4cc(Cl)ccc43)COc3ccc(cc32)C(=O)NS1(=O)=O)O[Si](c1ccccc1)(c1ccccc1)C(C)(C)C. The molecule has 0 radical (unpaired) electrons. The molecule has 0 saturated heterocycles. The minimum Gasteiger partial charge on any atom is -0.490 e. The van der Waals surface area contributed by atoms with Crippen LogP contribution < -0.4 is 24.7 Å². The molecule has 1 spiro atoms. The van der Waals surface area contributed by atoms with Gasteiger partial charge in [0.05, 0.1) is 23.6 Å². The minimum absolute atomic E-state index is 0.0704. The summed E-state index contributed by atoms with van der Waals surface area (Å²) < 4.78 is 45.5. The average Bonchev–Trinajstić information content (AvgIpc) is 3.35. The van der Waals surface area contributed by atoms with Gasteiger partial charge in [-0.2, -0.15) is 0 Å². The van der Waals surface area contributed by atoms with Crippen molar-refractivity contribution in [3.05, 3.63) is 131 Å². The summed E-state index contributed by atoms with van der Waals surface area (Å²) in [7, 11) is -7.20. The van der Waals surface area contributed by atoms with E-state index in [1.165, 1.54) is 11.1 Å². The molecule has 6 atom stereocenters. The molecule has 0 aromatic heterocycles. The highest BCUT2D eigenvalue weighted by Gasteiger charge is 2.51. The van der Waals surface area contributed by atoms with Crippen molar-refractivity contribution in [1.82, 2.24) is 4.72 Å². The predicted molar refractivity (Wildman–Crippen MR) is 244 cm³/mol. The molecule has 4 aliphatic rings. The van der Waals surface area contributed by atoms with Gasteiger partial charge < -0.3 is 19.2 Å². The number of fused-ring (bicyclic) bond motifs is 4. The Morgan fingerprint density at radius 1 is 0.983 bits per heavy atom. The van der Waals surface area contributed by atoms with Gasteiger partial charge in [0.25, 0.3) is 14.2 Å². The van der Waals surface area contributed by atoms with Crippen LogP contribution in [-0.4, -0.2) is 64.9 Å². The summed E-state index contributed by atoms with van der Waals surface area (Å²) in [5, 5.41) is 13.3. The number of allylic oxidation sites excluding steroid dienone is 1. The number of amides is 1. The molecular formula is C49H59ClN2O6SSi. The normalized spacial score (nSPS) is 26.6. The van der Waals surface area contributed by atoms with Crippen LogP contribution in [0.1, 0.15) is 94.1 Å². The van der Waals surface area contributed by atoms with E-state index in [9.17, 15) is 18.3 Å². The van der Waals surface area contributed by atoms with Crippen molar-refractivity contribution in [2.24, 2.45) is 11.8 Å². The number of halogens is 1. The van der Waals surface area contributed by atoms with Crippen LogP contribution in [0.15, 0.2) is 109 Å². The van der Waals surface area contributed by atoms with Crippen LogP contribution in [0.5, 0.6) is 5.75 Å². The number of rotatable bonds is 6. The van der Waals surface area contributed by atoms with E-state index in [1.807, 2.05) is 67.6 Å². The molecule has 60 heavy (non-hydrogen) atoms. The third-order valence-electron chi connectivity index (χ3n) is 13.7. The van der Waals surface area contributed by atoms with Gasteiger partial charge in [0.1, 0.15) is 5.75 Å². The van der Waals surface area contributed by atoms with Crippen molar-refractivity contribution in [2.75, 3.05) is 24.6 Å². The number of hydrogen-bond acceptors (Lipinski definition) is 7. The molecule has 318 valence electrons. The number of aryl methyl sites for hydroxylation is 1. The van der Waals surface area contributed by atoms with Crippen LogP contribution in [-0.2, 0) is 26.3 Å². The maximum Gasteiger partial charge on any atom is 0.264 e. The molecule has 2 aliphatic heterocycles. The highest BCUT2D eigenvalue weighted by Crippen LogP contribution is 2.47. The number of sulfonamides is 1. The highest BCUT2D eigenvalue weighted by atomic mass is 35.5. The lowest BCUT2D eigenvalue weighted by atomic mass is 9.68. The van der Waals surface area contributed by atoms with E-state index in [0.29, 0.717) is 31.9 Å². The maximum absolute atomic E-state index is 14.5. The van der Waals surface area contributed by atoms with Gasteiger partial charge in [-0.3, -0.25) is 4.79 Å². The van der Waals surface area contributed by atoms with Crippen molar-refractivity contribution in [2.45, 2.75) is 107 Å². The minimum atomic E-state index is -4.20. The molecule has 4 aromatic carbocycles. The maximum atomic E-state index is 14.5. The number of nitrogens with one attached hydrogen (secondary N) is 1. The molecule has 2 bridgehead atoms. The van der Waals surface area contributed by atoms with Crippen LogP contribution >= 0.6 is 11.6 Å². The molecule has 1 saturated carbocycles. The molecule has 1 amide bonds. The number of anilines is 1. The summed E-state index contributed by atoms with van der Waals surface area (Å²) >= 11 is 6.48. The topological polar surface area (TPSA) is 105 Å². The Morgan fingerprint density at radius 2 is 1.70 bits per heavy atom. The lowest BCUT2D eigenvalue weighted by Crippen LogP contribution is -2.67. The molecule has 0 unspecified atom stereocenters. The Kier molecular flexibility index (Phi) is 12.2. The molecule has 11 heteroatoms. The smallest absolute Gasteiger partial charge is 0.264 e. The number of aliphatic hydroxyl groups is 1. The van der Waals surface area contributed by atoms with E-state index in [2.05, 4.69) is 66.8 Å². The number of aliphatic hydroxyl groups excluding tert-OH is 1. The quantitative estimate of drug-likeness (QED) is 0.148. The van der Waals surface area contributed by atoms with Crippen molar-refractivity contribution >= 4 is 51.9 Å². The molecule has 2 N–H and O–H groups in total. The molecular weight excluding hydrogens is 808 g/mol. The van der Waals surface area contributed by atoms with Gasteiger partial charge in [-0.15, -0.1) is 0 Å². The number of carbonyl (C=O) groups excluding carboxylic acids is 1. The molecule has 2 heterocycles. The number of hydrogen-bond donors (Lipinski definition) is 2. The lowest BCUT2D eigenvalue weighted by Gasteiger charge is -2.45. The fourth-order valence-corrected chi connectivity index (χ4v) is 17.0. The Balaban J connectivity index is 1.12. The zero-order valence-corrected chi connectivity index (χ0v) is 37.9. The number of benzene rings is 4. The second-order valence-corrected chi connectivity index (χ2v) is 25.4. The van der Waals surface area contributed by atoms with E-state index in [0.717, 1.165) is 53.2 Å². The third-order valence-corrected chi connectivity index (χ3v) is 20.9. The first-order chi connectivity index (χ1) is 28.7. The van der Waals surface area contributed by atoms with Gasteiger partial charge >= 0.3 is 0 Å². The molecule has 8 rings (SSSR count).